The van der Waals surface area contributed by atoms with Crippen LogP contribution in [0.2, 0.25) is 0 Å². The van der Waals surface area contributed by atoms with E-state index in [1.54, 1.807) is 0 Å². The van der Waals surface area contributed by atoms with Gasteiger partial charge in [-0.25, -0.2) is 4.39 Å². The maximum absolute atomic E-state index is 13.6. The molecule has 0 atom stereocenters. The van der Waals surface area contributed by atoms with Crippen LogP contribution < -0.4 is 0 Å². The second-order valence-corrected chi connectivity index (χ2v) is 5.97. The highest BCUT2D eigenvalue weighted by molar-refractivity contribution is 5.97. The predicted octanol–water partition coefficient (Wildman–Crippen LogP) is 2.26. The maximum atomic E-state index is 13.6. The molecule has 0 aliphatic carbocycles. The Bertz CT molecular complexity index is 525. The number of carbonyl (C=O) groups excluding carboxylic acids is 1. The SMILES string of the molecule is CC(=O)c1cc(F)cc(CN(C)C2CCN(C)CC2)c1O. The molecule has 1 heterocycles. The standard InChI is InChI=1S/C16H23FN2O2/c1-11(20)15-9-13(17)8-12(16(15)21)10-19(3)14-4-6-18(2)7-5-14/h8-9,14,21H,4-7,10H2,1-3H3. The number of benzene rings is 1. The molecule has 0 spiro atoms. The van der Waals surface area contributed by atoms with Gasteiger partial charge in [0, 0.05) is 18.2 Å². The van der Waals surface area contributed by atoms with E-state index in [0.717, 1.165) is 32.0 Å². The van der Waals surface area contributed by atoms with Crippen molar-refractivity contribution in [2.75, 3.05) is 27.2 Å². The Balaban J connectivity index is 2.13. The zero-order valence-corrected chi connectivity index (χ0v) is 12.9. The van der Waals surface area contributed by atoms with Gasteiger partial charge in [-0.15, -0.1) is 0 Å². The third-order valence-corrected chi connectivity index (χ3v) is 4.26. The summed E-state index contributed by atoms with van der Waals surface area (Å²) in [7, 11) is 4.08. The fraction of sp³-hybridized carbons (Fsp3) is 0.562. The Kier molecular flexibility index (Phi) is 4.96. The first-order valence-corrected chi connectivity index (χ1v) is 7.29. The lowest BCUT2D eigenvalue weighted by Crippen LogP contribution is -2.41. The Morgan fingerprint density at radius 3 is 2.62 bits per heavy atom. The number of piperidine rings is 1. The number of hydrogen-bond donors (Lipinski definition) is 1. The summed E-state index contributed by atoms with van der Waals surface area (Å²) >= 11 is 0. The Morgan fingerprint density at radius 1 is 1.43 bits per heavy atom. The van der Waals surface area contributed by atoms with Gasteiger partial charge in [0.25, 0.3) is 0 Å². The first-order chi connectivity index (χ1) is 9.88. The van der Waals surface area contributed by atoms with Crippen LogP contribution in [0.1, 0.15) is 35.7 Å². The zero-order valence-electron chi connectivity index (χ0n) is 12.9. The molecule has 0 radical (unpaired) electrons. The molecule has 0 saturated carbocycles. The van der Waals surface area contributed by atoms with Gasteiger partial charge < -0.3 is 10.0 Å². The zero-order chi connectivity index (χ0) is 15.6. The molecule has 21 heavy (non-hydrogen) atoms. The topological polar surface area (TPSA) is 43.8 Å². The summed E-state index contributed by atoms with van der Waals surface area (Å²) in [5.74, 6) is -0.899. The normalized spacial score (nSPS) is 17.4. The van der Waals surface area contributed by atoms with E-state index >= 15 is 0 Å². The molecule has 0 unspecified atom stereocenters. The second-order valence-electron chi connectivity index (χ2n) is 5.97. The third kappa shape index (κ3) is 3.80. The first-order valence-electron chi connectivity index (χ1n) is 7.29. The van der Waals surface area contributed by atoms with E-state index in [2.05, 4.69) is 16.8 Å². The van der Waals surface area contributed by atoms with Crippen LogP contribution in [0.3, 0.4) is 0 Å². The molecule has 116 valence electrons. The van der Waals surface area contributed by atoms with Crippen LogP contribution in [0.25, 0.3) is 0 Å². The van der Waals surface area contributed by atoms with Crippen LogP contribution in [-0.2, 0) is 6.54 Å². The van der Waals surface area contributed by atoms with Crippen molar-refractivity contribution in [1.29, 1.82) is 0 Å². The van der Waals surface area contributed by atoms with Gasteiger partial charge in [-0.2, -0.15) is 0 Å². The smallest absolute Gasteiger partial charge is 0.163 e. The molecule has 1 fully saturated rings. The summed E-state index contributed by atoms with van der Waals surface area (Å²) < 4.78 is 13.6. The van der Waals surface area contributed by atoms with Gasteiger partial charge in [-0.3, -0.25) is 9.69 Å². The van der Waals surface area contributed by atoms with Crippen molar-refractivity contribution < 1.29 is 14.3 Å². The lowest BCUT2D eigenvalue weighted by atomic mass is 10.0. The molecule has 0 aromatic heterocycles. The Morgan fingerprint density at radius 2 is 2.05 bits per heavy atom. The lowest BCUT2D eigenvalue weighted by Gasteiger charge is -2.35. The summed E-state index contributed by atoms with van der Waals surface area (Å²) in [5, 5.41) is 10.2. The van der Waals surface area contributed by atoms with Gasteiger partial charge >= 0.3 is 0 Å². The van der Waals surface area contributed by atoms with Crippen molar-refractivity contribution in [3.8, 4) is 5.75 Å². The molecule has 1 saturated heterocycles. The van der Waals surface area contributed by atoms with E-state index in [4.69, 9.17) is 0 Å². The highest BCUT2D eigenvalue weighted by Crippen LogP contribution is 2.27. The number of carbonyl (C=O) groups is 1. The molecule has 4 nitrogen and oxygen atoms in total. The van der Waals surface area contributed by atoms with Crippen molar-refractivity contribution >= 4 is 5.78 Å². The van der Waals surface area contributed by atoms with Gasteiger partial charge in [0.05, 0.1) is 5.56 Å². The summed E-state index contributed by atoms with van der Waals surface area (Å²) in [4.78, 5) is 15.9. The number of aromatic hydroxyl groups is 1. The number of phenols is 1. The van der Waals surface area contributed by atoms with Crippen LogP contribution in [0.5, 0.6) is 5.75 Å². The Labute approximate surface area is 125 Å². The van der Waals surface area contributed by atoms with E-state index in [-0.39, 0.29) is 17.1 Å². The molecular weight excluding hydrogens is 271 g/mol. The van der Waals surface area contributed by atoms with E-state index in [0.29, 0.717) is 18.2 Å². The highest BCUT2D eigenvalue weighted by Gasteiger charge is 2.22. The molecular formula is C16H23FN2O2. The number of likely N-dealkylation sites (tertiary alicyclic amines) is 1. The minimum atomic E-state index is -0.482. The van der Waals surface area contributed by atoms with Crippen LogP contribution in [-0.4, -0.2) is 53.9 Å². The molecule has 0 amide bonds. The molecule has 2 rings (SSSR count). The van der Waals surface area contributed by atoms with E-state index in [9.17, 15) is 14.3 Å². The molecule has 1 aromatic carbocycles. The van der Waals surface area contributed by atoms with Crippen molar-refractivity contribution in [3.63, 3.8) is 0 Å². The lowest BCUT2D eigenvalue weighted by molar-refractivity contribution is 0.101. The van der Waals surface area contributed by atoms with Gasteiger partial charge in [0.2, 0.25) is 0 Å². The minimum Gasteiger partial charge on any atom is -0.507 e. The van der Waals surface area contributed by atoms with Gasteiger partial charge in [-0.1, -0.05) is 0 Å². The van der Waals surface area contributed by atoms with E-state index in [1.807, 2.05) is 7.05 Å². The molecule has 1 aliphatic rings. The van der Waals surface area contributed by atoms with Crippen LogP contribution in [0, 0.1) is 5.82 Å². The number of rotatable bonds is 4. The fourth-order valence-corrected chi connectivity index (χ4v) is 2.88. The fourth-order valence-electron chi connectivity index (χ4n) is 2.88. The summed E-state index contributed by atoms with van der Waals surface area (Å²) in [6.07, 6.45) is 2.12. The number of Topliss-reactive ketones (excluding diaryl/α,β-unsaturated/α-hetero) is 1. The molecule has 1 aliphatic heterocycles. The summed E-state index contributed by atoms with van der Waals surface area (Å²) in [6, 6.07) is 2.83. The quantitative estimate of drug-likeness (QED) is 0.865. The van der Waals surface area contributed by atoms with Gasteiger partial charge in [0.15, 0.2) is 5.78 Å². The van der Waals surface area contributed by atoms with Gasteiger partial charge in [-0.05, 0) is 59.1 Å². The minimum absolute atomic E-state index is 0.0572. The summed E-state index contributed by atoms with van der Waals surface area (Å²) in [6.45, 7) is 3.86. The number of hydrogen-bond acceptors (Lipinski definition) is 4. The largest absolute Gasteiger partial charge is 0.507 e. The molecule has 5 heteroatoms. The van der Waals surface area contributed by atoms with E-state index < -0.39 is 5.82 Å². The average molecular weight is 294 g/mol. The first kappa shape index (κ1) is 15.9. The van der Waals surface area contributed by atoms with Gasteiger partial charge in [0.1, 0.15) is 11.6 Å². The number of halogens is 1. The van der Waals surface area contributed by atoms with E-state index in [1.165, 1.54) is 13.0 Å². The van der Waals surface area contributed by atoms with Crippen molar-refractivity contribution in [2.24, 2.45) is 0 Å². The van der Waals surface area contributed by atoms with Crippen molar-refractivity contribution in [3.05, 3.63) is 29.1 Å². The molecule has 1 aromatic rings. The Hall–Kier alpha value is -1.46. The molecule has 0 bridgehead atoms. The summed E-state index contributed by atoms with van der Waals surface area (Å²) in [5.41, 5.74) is 0.531. The van der Waals surface area contributed by atoms with Crippen LogP contribution in [0.15, 0.2) is 12.1 Å². The van der Waals surface area contributed by atoms with Crippen LogP contribution >= 0.6 is 0 Å². The number of phenolic OH excluding ortho intramolecular Hbond substituents is 1. The highest BCUT2D eigenvalue weighted by atomic mass is 19.1. The average Bonchev–Trinajstić information content (AvgIpc) is 2.42. The molecule has 1 N–H and O–H groups in total. The van der Waals surface area contributed by atoms with Crippen LogP contribution in [0.4, 0.5) is 4.39 Å². The predicted molar refractivity (Wildman–Crippen MR) is 80.1 cm³/mol. The van der Waals surface area contributed by atoms with Crippen molar-refractivity contribution in [1.82, 2.24) is 9.80 Å². The third-order valence-electron chi connectivity index (χ3n) is 4.26. The maximum Gasteiger partial charge on any atom is 0.163 e. The number of nitrogens with zero attached hydrogens (tertiary/aromatic N) is 2. The monoisotopic (exact) mass is 294 g/mol. The number of ketones is 1. The second kappa shape index (κ2) is 6.54. The van der Waals surface area contributed by atoms with Crippen molar-refractivity contribution in [2.45, 2.75) is 32.4 Å².